The van der Waals surface area contributed by atoms with Crippen LogP contribution in [0.15, 0.2) is 83.3 Å². The predicted molar refractivity (Wildman–Crippen MR) is 131 cm³/mol. The zero-order valence-electron chi connectivity index (χ0n) is 17.3. The van der Waals surface area contributed by atoms with Crippen molar-refractivity contribution in [3.8, 4) is 5.75 Å². The number of aryl methyl sites for hydroxylation is 1. The molecule has 5 nitrogen and oxygen atoms in total. The van der Waals surface area contributed by atoms with E-state index < -0.39 is 0 Å². The molecule has 0 N–H and O–H groups in total. The van der Waals surface area contributed by atoms with Crippen LogP contribution in [0, 0.1) is 6.92 Å². The highest BCUT2D eigenvalue weighted by Crippen LogP contribution is 2.23. The summed E-state index contributed by atoms with van der Waals surface area (Å²) in [4.78, 5) is 0. The first-order valence-corrected chi connectivity index (χ1v) is 11.6. The molecular weight excluding hydrogens is 463 g/mol. The van der Waals surface area contributed by atoms with Gasteiger partial charge in [0.05, 0.1) is 6.21 Å². The summed E-state index contributed by atoms with van der Waals surface area (Å²) in [6, 6.07) is 21.5. The van der Waals surface area contributed by atoms with E-state index in [0.29, 0.717) is 16.7 Å². The molecule has 162 valence electrons. The van der Waals surface area contributed by atoms with Gasteiger partial charge in [0, 0.05) is 21.4 Å². The van der Waals surface area contributed by atoms with Gasteiger partial charge in [0.15, 0.2) is 0 Å². The lowest BCUT2D eigenvalue weighted by Gasteiger charge is -2.08. The van der Waals surface area contributed by atoms with Crippen LogP contribution in [0.3, 0.4) is 0 Å². The van der Waals surface area contributed by atoms with Crippen LogP contribution in [0.4, 0.5) is 0 Å². The van der Waals surface area contributed by atoms with E-state index in [0.717, 1.165) is 27.8 Å². The summed E-state index contributed by atoms with van der Waals surface area (Å²) in [6.07, 6.45) is 3.36. The van der Waals surface area contributed by atoms with Crippen molar-refractivity contribution in [3.63, 3.8) is 0 Å². The summed E-state index contributed by atoms with van der Waals surface area (Å²) in [5.41, 5.74) is 4.29. The molecule has 32 heavy (non-hydrogen) atoms. The summed E-state index contributed by atoms with van der Waals surface area (Å²) < 4.78 is 7.49. The molecule has 0 saturated carbocycles. The molecule has 3 aromatic carbocycles. The lowest BCUT2D eigenvalue weighted by Crippen LogP contribution is -1.97. The smallest absolute Gasteiger partial charge is 0.212 e. The number of halogens is 2. The first-order chi connectivity index (χ1) is 15.6. The first kappa shape index (κ1) is 22.4. The Balaban J connectivity index is 1.34. The van der Waals surface area contributed by atoms with Crippen molar-refractivity contribution in [2.75, 3.05) is 0 Å². The number of ether oxygens (including phenoxy) is 1. The van der Waals surface area contributed by atoms with E-state index in [9.17, 15) is 0 Å². The Kier molecular flexibility index (Phi) is 7.47. The lowest BCUT2D eigenvalue weighted by molar-refractivity contribution is 0.306. The Morgan fingerprint density at radius 3 is 2.56 bits per heavy atom. The van der Waals surface area contributed by atoms with Gasteiger partial charge in [-0.25, -0.2) is 0 Å². The third kappa shape index (κ3) is 6.13. The normalized spacial score (nSPS) is 11.2. The van der Waals surface area contributed by atoms with Gasteiger partial charge in [-0.2, -0.15) is 9.78 Å². The number of aromatic nitrogens is 3. The second kappa shape index (κ2) is 10.7. The van der Waals surface area contributed by atoms with Crippen LogP contribution in [-0.4, -0.2) is 21.1 Å². The van der Waals surface area contributed by atoms with E-state index in [1.165, 1.54) is 11.1 Å². The highest BCUT2D eigenvalue weighted by molar-refractivity contribution is 7.98. The topological polar surface area (TPSA) is 52.3 Å². The molecule has 0 aliphatic carbocycles. The Labute approximate surface area is 201 Å². The third-order valence-electron chi connectivity index (χ3n) is 4.61. The van der Waals surface area contributed by atoms with Gasteiger partial charge in [-0.05, 0) is 54.4 Å². The minimum absolute atomic E-state index is 0.367. The zero-order valence-corrected chi connectivity index (χ0v) is 19.6. The monoisotopic (exact) mass is 482 g/mol. The molecule has 1 heterocycles. The highest BCUT2D eigenvalue weighted by Gasteiger charge is 2.05. The van der Waals surface area contributed by atoms with Crippen LogP contribution in [0.2, 0.25) is 10.0 Å². The van der Waals surface area contributed by atoms with Gasteiger partial charge in [-0.1, -0.05) is 70.9 Å². The maximum atomic E-state index is 6.19. The number of nitrogens with zero attached hydrogens (tertiary/aromatic N) is 4. The molecule has 0 aliphatic rings. The Morgan fingerprint density at radius 1 is 1.03 bits per heavy atom. The van der Waals surface area contributed by atoms with E-state index in [-0.39, 0.29) is 0 Å². The number of thioether (sulfide) groups is 1. The van der Waals surface area contributed by atoms with Crippen LogP contribution in [-0.2, 0) is 12.4 Å². The van der Waals surface area contributed by atoms with E-state index in [1.54, 1.807) is 41.1 Å². The number of rotatable bonds is 8. The molecule has 0 atom stereocenters. The molecule has 0 aliphatic heterocycles. The fourth-order valence-corrected chi connectivity index (χ4v) is 4.09. The minimum atomic E-state index is 0.367. The molecule has 0 fully saturated rings. The largest absolute Gasteiger partial charge is 0.489 e. The molecule has 0 spiro atoms. The van der Waals surface area contributed by atoms with Crippen LogP contribution in [0.1, 0.15) is 22.3 Å². The van der Waals surface area contributed by atoms with Crippen LogP contribution < -0.4 is 4.74 Å². The molecular formula is C24H20Cl2N4OS. The van der Waals surface area contributed by atoms with E-state index >= 15 is 0 Å². The molecule has 1 aromatic heterocycles. The zero-order chi connectivity index (χ0) is 22.3. The molecule has 0 saturated heterocycles. The lowest BCUT2D eigenvalue weighted by atomic mass is 10.2. The summed E-state index contributed by atoms with van der Waals surface area (Å²) in [7, 11) is 0. The molecule has 0 radical (unpaired) electrons. The van der Waals surface area contributed by atoms with E-state index in [4.69, 9.17) is 27.9 Å². The van der Waals surface area contributed by atoms with Crippen molar-refractivity contribution in [2.24, 2.45) is 5.10 Å². The molecule has 0 unspecified atom stereocenters. The molecule has 8 heteroatoms. The predicted octanol–water partition coefficient (Wildman–Crippen LogP) is 6.65. The summed E-state index contributed by atoms with van der Waals surface area (Å²) in [6.45, 7) is 2.45. The quantitative estimate of drug-likeness (QED) is 0.208. The number of benzene rings is 3. The van der Waals surface area contributed by atoms with E-state index in [2.05, 4.69) is 46.5 Å². The van der Waals surface area contributed by atoms with Crippen LogP contribution >= 0.6 is 35.0 Å². The molecule has 0 amide bonds. The highest BCUT2D eigenvalue weighted by atomic mass is 35.5. The van der Waals surface area contributed by atoms with E-state index in [1.807, 2.05) is 30.3 Å². The van der Waals surface area contributed by atoms with Crippen LogP contribution in [0.25, 0.3) is 0 Å². The molecule has 4 aromatic rings. The van der Waals surface area contributed by atoms with Gasteiger partial charge >= 0.3 is 0 Å². The number of hydrogen-bond acceptors (Lipinski definition) is 5. The van der Waals surface area contributed by atoms with Crippen molar-refractivity contribution in [3.05, 3.63) is 105 Å². The van der Waals surface area contributed by atoms with Crippen molar-refractivity contribution >= 4 is 41.2 Å². The van der Waals surface area contributed by atoms with Gasteiger partial charge in [-0.15, -0.1) is 10.2 Å². The Morgan fingerprint density at radius 2 is 1.81 bits per heavy atom. The van der Waals surface area contributed by atoms with Gasteiger partial charge in [0.2, 0.25) is 5.16 Å². The average molecular weight is 483 g/mol. The summed E-state index contributed by atoms with van der Waals surface area (Å²) >= 11 is 13.7. The van der Waals surface area contributed by atoms with Crippen molar-refractivity contribution in [1.82, 2.24) is 14.9 Å². The molecule has 4 rings (SSSR count). The maximum Gasteiger partial charge on any atom is 0.212 e. The first-order valence-electron chi connectivity index (χ1n) is 9.86. The third-order valence-corrected chi connectivity index (χ3v) is 6.20. The van der Waals surface area contributed by atoms with Crippen LogP contribution in [0.5, 0.6) is 5.75 Å². The van der Waals surface area contributed by atoms with Gasteiger partial charge in [0.25, 0.3) is 0 Å². The Bertz CT molecular complexity index is 1210. The summed E-state index contributed by atoms with van der Waals surface area (Å²) in [5, 5.41) is 14.6. The summed E-state index contributed by atoms with van der Waals surface area (Å²) in [5.74, 6) is 1.55. The van der Waals surface area contributed by atoms with Crippen molar-refractivity contribution in [2.45, 2.75) is 24.4 Å². The fraction of sp³-hybridized carbons (Fsp3) is 0.125. The second-order valence-electron chi connectivity index (χ2n) is 7.07. The average Bonchev–Trinajstić information content (AvgIpc) is 3.25. The minimum Gasteiger partial charge on any atom is -0.489 e. The van der Waals surface area contributed by atoms with Gasteiger partial charge in [-0.3, -0.25) is 0 Å². The fourth-order valence-electron chi connectivity index (χ4n) is 2.80. The Hall–Kier alpha value is -2.80. The second-order valence-corrected chi connectivity index (χ2v) is 8.86. The maximum absolute atomic E-state index is 6.19. The van der Waals surface area contributed by atoms with Gasteiger partial charge < -0.3 is 4.74 Å². The van der Waals surface area contributed by atoms with Crippen molar-refractivity contribution in [1.29, 1.82) is 0 Å². The standard InChI is InChI=1S/C24H20Cl2N4OS/c1-17-2-4-19(5-3-17)15-32-24-29-27-16-30(24)28-13-18-6-10-22(11-7-18)31-14-20-8-9-21(25)12-23(20)26/h2-13,16H,14-15H2,1H3/b28-13+. The SMILES string of the molecule is Cc1ccc(CSc2nncn2/N=C/c2ccc(OCc3ccc(Cl)cc3Cl)cc2)cc1. The number of hydrogen-bond donors (Lipinski definition) is 0. The molecule has 0 bridgehead atoms. The van der Waals surface area contributed by atoms with Gasteiger partial charge in [0.1, 0.15) is 18.7 Å². The van der Waals surface area contributed by atoms with Crippen molar-refractivity contribution < 1.29 is 4.74 Å².